The Morgan fingerprint density at radius 2 is 2.24 bits per heavy atom. The average Bonchev–Trinajstić information content (AvgIpc) is 2.27. The van der Waals surface area contributed by atoms with E-state index >= 15 is 0 Å². The molecule has 1 aromatic rings. The Morgan fingerprint density at radius 1 is 1.59 bits per heavy atom. The molecule has 17 heavy (non-hydrogen) atoms. The maximum absolute atomic E-state index is 13.6. The largest absolute Gasteiger partial charge is 0.464 e. The molecule has 0 fully saturated rings. The number of esters is 1. The fourth-order valence-electron chi connectivity index (χ4n) is 1.25. The number of ether oxygens (including phenoxy) is 1. The summed E-state index contributed by atoms with van der Waals surface area (Å²) < 4.78 is 19.1. The van der Waals surface area contributed by atoms with Crippen molar-refractivity contribution in [2.24, 2.45) is 5.73 Å². The van der Waals surface area contributed by atoms with Gasteiger partial charge in [0, 0.05) is 3.57 Å². The average molecular weight is 374 g/mol. The molecule has 6 heteroatoms. The van der Waals surface area contributed by atoms with Crippen molar-refractivity contribution >= 4 is 41.0 Å². The van der Waals surface area contributed by atoms with E-state index in [1.807, 2.05) is 6.07 Å². The number of benzene rings is 1. The van der Waals surface area contributed by atoms with Crippen molar-refractivity contribution in [3.63, 3.8) is 0 Å². The predicted molar refractivity (Wildman–Crippen MR) is 74.9 cm³/mol. The van der Waals surface area contributed by atoms with Crippen LogP contribution < -0.4 is 5.73 Å². The van der Waals surface area contributed by atoms with Gasteiger partial charge in [0.05, 0.1) is 12.6 Å². The maximum Gasteiger partial charge on any atom is 0.342 e. The summed E-state index contributed by atoms with van der Waals surface area (Å²) in [6.45, 7) is 1.78. The standard InChI is InChI=1S/C11H13FINO2.ClH/c1-2-16-11(15)9(12)10(14)7-4-3-5-8(13)6-7;/h3-6,9-10H,2,14H2,1H3;1H/t9?,10-;/m0./s1. The first kappa shape index (κ1) is 16.6. The monoisotopic (exact) mass is 373 g/mol. The van der Waals surface area contributed by atoms with Crippen molar-refractivity contribution < 1.29 is 13.9 Å². The molecule has 0 radical (unpaired) electrons. The van der Waals surface area contributed by atoms with Gasteiger partial charge in [-0.2, -0.15) is 0 Å². The zero-order valence-corrected chi connectivity index (χ0v) is 12.2. The highest BCUT2D eigenvalue weighted by Crippen LogP contribution is 2.19. The van der Waals surface area contributed by atoms with Gasteiger partial charge in [0.2, 0.25) is 6.17 Å². The molecule has 0 bridgehead atoms. The van der Waals surface area contributed by atoms with E-state index in [-0.39, 0.29) is 19.0 Å². The van der Waals surface area contributed by atoms with Gasteiger partial charge in [-0.15, -0.1) is 12.4 Å². The highest BCUT2D eigenvalue weighted by molar-refractivity contribution is 14.1. The summed E-state index contributed by atoms with van der Waals surface area (Å²) in [6, 6.07) is 6.10. The number of alkyl halides is 1. The Morgan fingerprint density at radius 3 is 2.76 bits per heavy atom. The molecule has 0 aromatic heterocycles. The summed E-state index contributed by atoms with van der Waals surface area (Å²) in [4.78, 5) is 11.2. The summed E-state index contributed by atoms with van der Waals surface area (Å²) in [5.74, 6) is -0.908. The normalized spacial score (nSPS) is 13.4. The van der Waals surface area contributed by atoms with Gasteiger partial charge >= 0.3 is 5.97 Å². The number of carbonyl (C=O) groups is 1. The van der Waals surface area contributed by atoms with Crippen LogP contribution in [0.3, 0.4) is 0 Å². The van der Waals surface area contributed by atoms with Crippen LogP contribution in [-0.2, 0) is 9.53 Å². The molecule has 96 valence electrons. The molecule has 0 aliphatic rings. The molecule has 2 atom stereocenters. The van der Waals surface area contributed by atoms with Gasteiger partial charge in [-0.25, -0.2) is 9.18 Å². The Labute approximate surface area is 119 Å². The minimum absolute atomic E-state index is 0. The maximum atomic E-state index is 13.6. The Hall–Kier alpha value is -0.400. The highest BCUT2D eigenvalue weighted by atomic mass is 127. The lowest BCUT2D eigenvalue weighted by molar-refractivity contribution is -0.149. The van der Waals surface area contributed by atoms with Crippen molar-refractivity contribution in [1.82, 2.24) is 0 Å². The number of nitrogens with two attached hydrogens (primary N) is 1. The lowest BCUT2D eigenvalue weighted by Gasteiger charge is -2.15. The number of hydrogen-bond donors (Lipinski definition) is 1. The van der Waals surface area contributed by atoms with Crippen molar-refractivity contribution in [1.29, 1.82) is 0 Å². The number of halogens is 3. The van der Waals surface area contributed by atoms with Crippen molar-refractivity contribution in [2.75, 3.05) is 6.61 Å². The molecule has 0 aliphatic carbocycles. The Kier molecular flexibility index (Phi) is 7.65. The van der Waals surface area contributed by atoms with Gasteiger partial charge in [0.1, 0.15) is 0 Å². The third kappa shape index (κ3) is 4.77. The summed E-state index contributed by atoms with van der Waals surface area (Å²) in [5.41, 5.74) is 6.25. The van der Waals surface area contributed by atoms with Crippen molar-refractivity contribution in [3.05, 3.63) is 33.4 Å². The molecule has 0 saturated heterocycles. The minimum atomic E-state index is -1.82. The van der Waals surface area contributed by atoms with E-state index in [1.165, 1.54) is 0 Å². The predicted octanol–water partition coefficient (Wildman–Crippen LogP) is 2.61. The Bertz CT molecular complexity index is 378. The molecule has 0 saturated carbocycles. The van der Waals surface area contributed by atoms with E-state index in [4.69, 9.17) is 5.73 Å². The van der Waals surface area contributed by atoms with Crippen LogP contribution in [0.5, 0.6) is 0 Å². The van der Waals surface area contributed by atoms with Crippen LogP contribution in [0.2, 0.25) is 0 Å². The fourth-order valence-corrected chi connectivity index (χ4v) is 1.82. The van der Waals surface area contributed by atoms with E-state index in [0.717, 1.165) is 3.57 Å². The van der Waals surface area contributed by atoms with Gasteiger partial charge in [0.25, 0.3) is 0 Å². The summed E-state index contributed by atoms with van der Waals surface area (Å²) in [6.07, 6.45) is -1.82. The van der Waals surface area contributed by atoms with Gasteiger partial charge in [-0.1, -0.05) is 12.1 Å². The zero-order valence-electron chi connectivity index (χ0n) is 9.23. The van der Waals surface area contributed by atoms with E-state index in [9.17, 15) is 9.18 Å². The van der Waals surface area contributed by atoms with E-state index < -0.39 is 18.2 Å². The van der Waals surface area contributed by atoms with E-state index in [2.05, 4.69) is 27.3 Å². The summed E-state index contributed by atoms with van der Waals surface area (Å²) in [7, 11) is 0. The summed E-state index contributed by atoms with van der Waals surface area (Å²) >= 11 is 2.10. The molecule has 1 unspecified atom stereocenters. The molecular formula is C11H14ClFINO2. The van der Waals surface area contributed by atoms with Crippen molar-refractivity contribution in [3.8, 4) is 0 Å². The van der Waals surface area contributed by atoms with Gasteiger partial charge in [-0.3, -0.25) is 0 Å². The number of hydrogen-bond acceptors (Lipinski definition) is 3. The minimum Gasteiger partial charge on any atom is -0.464 e. The molecule has 0 aliphatic heterocycles. The van der Waals surface area contributed by atoms with Crippen LogP contribution >= 0.6 is 35.0 Å². The van der Waals surface area contributed by atoms with Gasteiger partial charge in [0.15, 0.2) is 0 Å². The van der Waals surface area contributed by atoms with Crippen LogP contribution in [0, 0.1) is 3.57 Å². The van der Waals surface area contributed by atoms with Crippen molar-refractivity contribution in [2.45, 2.75) is 19.1 Å². The quantitative estimate of drug-likeness (QED) is 0.652. The second-order valence-electron chi connectivity index (χ2n) is 3.23. The van der Waals surface area contributed by atoms with Crippen LogP contribution in [0.25, 0.3) is 0 Å². The highest BCUT2D eigenvalue weighted by Gasteiger charge is 2.27. The van der Waals surface area contributed by atoms with Gasteiger partial charge < -0.3 is 10.5 Å². The SMILES string of the molecule is CCOC(=O)C(F)[C@@H](N)c1cccc(I)c1.Cl. The topological polar surface area (TPSA) is 52.3 Å². The van der Waals surface area contributed by atoms with Crippen LogP contribution in [0.15, 0.2) is 24.3 Å². The molecule has 0 amide bonds. The van der Waals surface area contributed by atoms with E-state index in [1.54, 1.807) is 25.1 Å². The lowest BCUT2D eigenvalue weighted by atomic mass is 10.0. The number of rotatable bonds is 4. The second-order valence-corrected chi connectivity index (χ2v) is 4.48. The number of carbonyl (C=O) groups excluding carboxylic acids is 1. The zero-order chi connectivity index (χ0) is 12.1. The van der Waals surface area contributed by atoms with Crippen LogP contribution in [0.1, 0.15) is 18.5 Å². The first-order chi connectivity index (χ1) is 7.56. The fraction of sp³-hybridized carbons (Fsp3) is 0.364. The molecule has 3 nitrogen and oxygen atoms in total. The molecule has 1 rings (SSSR count). The van der Waals surface area contributed by atoms with Crippen LogP contribution in [-0.4, -0.2) is 18.7 Å². The molecule has 0 spiro atoms. The Balaban J connectivity index is 0.00000256. The summed E-state index contributed by atoms with van der Waals surface area (Å²) in [5, 5.41) is 0. The third-order valence-electron chi connectivity index (χ3n) is 2.06. The second kappa shape index (κ2) is 7.84. The van der Waals surface area contributed by atoms with E-state index in [0.29, 0.717) is 5.56 Å². The molecule has 0 heterocycles. The smallest absolute Gasteiger partial charge is 0.342 e. The lowest BCUT2D eigenvalue weighted by Crippen LogP contribution is -2.31. The molecular weight excluding hydrogens is 359 g/mol. The molecule has 2 N–H and O–H groups in total. The van der Waals surface area contributed by atoms with Crippen LogP contribution in [0.4, 0.5) is 4.39 Å². The third-order valence-corrected chi connectivity index (χ3v) is 2.73. The first-order valence-corrected chi connectivity index (χ1v) is 5.96. The van der Waals surface area contributed by atoms with Gasteiger partial charge in [-0.05, 0) is 47.2 Å². The molecule has 1 aromatic carbocycles. The first-order valence-electron chi connectivity index (χ1n) is 4.88.